The summed E-state index contributed by atoms with van der Waals surface area (Å²) in [7, 11) is -3.62. The van der Waals surface area contributed by atoms with Crippen LogP contribution in [0.25, 0.3) is 0 Å². The molecule has 0 saturated carbocycles. The highest BCUT2D eigenvalue weighted by atomic mass is 35.5. The lowest BCUT2D eigenvalue weighted by atomic mass is 10.3. The van der Waals surface area contributed by atoms with Gasteiger partial charge in [0.2, 0.25) is 0 Å². The van der Waals surface area contributed by atoms with Gasteiger partial charge in [-0.3, -0.25) is 9.05 Å². The summed E-state index contributed by atoms with van der Waals surface area (Å²) < 4.78 is 21.9. The van der Waals surface area contributed by atoms with Crippen LogP contribution in [0.4, 0.5) is 10.5 Å². The minimum absolute atomic E-state index is 0.161. The Morgan fingerprint density at radius 2 is 1.95 bits per heavy atom. The van der Waals surface area contributed by atoms with Gasteiger partial charge in [-0.05, 0) is 32.0 Å². The number of urea groups is 1. The minimum atomic E-state index is -3.62. The highest BCUT2D eigenvalue weighted by Crippen LogP contribution is 2.43. The number of benzene rings is 1. The molecule has 0 spiro atoms. The van der Waals surface area contributed by atoms with Gasteiger partial charge in [0.25, 0.3) is 0 Å². The van der Waals surface area contributed by atoms with Gasteiger partial charge in [0.15, 0.2) is 0 Å². The van der Waals surface area contributed by atoms with Crippen LogP contribution in [0, 0.1) is 0 Å². The Bertz CT molecular complexity index is 474. The topological polar surface area (TPSA) is 76.7 Å². The van der Waals surface area contributed by atoms with Gasteiger partial charge in [-0.1, -0.05) is 17.7 Å². The molecule has 0 aliphatic rings. The summed E-state index contributed by atoms with van der Waals surface area (Å²) in [6.45, 7) is 3.63. The summed E-state index contributed by atoms with van der Waals surface area (Å²) in [5.74, 6) is 0. The molecule has 1 rings (SSSR count). The van der Waals surface area contributed by atoms with Crippen molar-refractivity contribution in [2.24, 2.45) is 0 Å². The summed E-state index contributed by atoms with van der Waals surface area (Å²) in [4.78, 5) is 11.7. The van der Waals surface area contributed by atoms with E-state index < -0.39 is 13.8 Å². The lowest BCUT2D eigenvalue weighted by Crippen LogP contribution is -2.28. The molecule has 8 heteroatoms. The van der Waals surface area contributed by atoms with Crippen LogP contribution in [-0.4, -0.2) is 19.2 Å². The van der Waals surface area contributed by atoms with Gasteiger partial charge in [0.1, 0.15) is 0 Å². The number of hydrogen-bond acceptors (Lipinski definition) is 4. The number of hydrogen-bond donors (Lipinski definition) is 2. The van der Waals surface area contributed by atoms with Crippen LogP contribution in [0.15, 0.2) is 24.3 Å². The van der Waals surface area contributed by atoms with E-state index in [1.807, 2.05) is 0 Å². The Morgan fingerprint density at radius 3 is 2.47 bits per heavy atom. The maximum absolute atomic E-state index is 12.0. The predicted molar refractivity (Wildman–Crippen MR) is 74.5 cm³/mol. The molecule has 0 atom stereocenters. The standard InChI is InChI=1S/C11H16ClN2O4P/c1-3-17-19(16,18-4-2)14-11(15)13-10-7-5-6-9(12)8-10/h5-8H,3-4H2,1-2H3,(H2,13,14,15,16). The minimum Gasteiger partial charge on any atom is -0.308 e. The molecule has 2 amide bonds. The van der Waals surface area contributed by atoms with Crippen molar-refractivity contribution in [2.75, 3.05) is 18.5 Å². The molecule has 106 valence electrons. The second kappa shape index (κ2) is 7.50. The van der Waals surface area contributed by atoms with Crippen molar-refractivity contribution >= 4 is 31.1 Å². The first-order chi connectivity index (χ1) is 8.99. The van der Waals surface area contributed by atoms with E-state index in [1.165, 1.54) is 0 Å². The molecule has 0 aliphatic heterocycles. The molecular formula is C11H16ClN2O4P. The lowest BCUT2D eigenvalue weighted by molar-refractivity contribution is 0.209. The van der Waals surface area contributed by atoms with Crippen LogP contribution in [0.3, 0.4) is 0 Å². The molecule has 0 heterocycles. The van der Waals surface area contributed by atoms with Crippen molar-refractivity contribution in [3.63, 3.8) is 0 Å². The van der Waals surface area contributed by atoms with E-state index in [1.54, 1.807) is 38.1 Å². The SMILES string of the molecule is CCOP(=O)(NC(=O)Nc1cccc(Cl)c1)OCC. The third kappa shape index (κ3) is 5.61. The number of rotatable bonds is 6. The first-order valence-corrected chi connectivity index (χ1v) is 7.65. The number of nitrogens with one attached hydrogen (secondary N) is 2. The molecule has 1 aromatic rings. The average Bonchev–Trinajstić information content (AvgIpc) is 2.28. The molecule has 0 fully saturated rings. The molecule has 0 aliphatic carbocycles. The fourth-order valence-electron chi connectivity index (χ4n) is 1.29. The van der Waals surface area contributed by atoms with Crippen molar-refractivity contribution < 1.29 is 18.4 Å². The summed E-state index contributed by atoms with van der Waals surface area (Å²) in [5, 5.41) is 5.15. The van der Waals surface area contributed by atoms with Crippen molar-refractivity contribution in [3.05, 3.63) is 29.3 Å². The molecule has 19 heavy (non-hydrogen) atoms. The number of carbonyl (C=O) groups excluding carboxylic acids is 1. The maximum Gasteiger partial charge on any atom is 0.436 e. The van der Waals surface area contributed by atoms with Gasteiger partial charge < -0.3 is 5.32 Å². The maximum atomic E-state index is 12.0. The van der Waals surface area contributed by atoms with E-state index in [9.17, 15) is 9.36 Å². The van der Waals surface area contributed by atoms with Gasteiger partial charge in [-0.25, -0.2) is 14.4 Å². The second-order valence-electron chi connectivity index (χ2n) is 3.41. The number of anilines is 1. The monoisotopic (exact) mass is 306 g/mol. The smallest absolute Gasteiger partial charge is 0.308 e. The molecule has 2 N–H and O–H groups in total. The second-order valence-corrected chi connectivity index (χ2v) is 5.58. The number of halogens is 1. The molecule has 6 nitrogen and oxygen atoms in total. The molecule has 0 aromatic heterocycles. The number of carbonyl (C=O) groups is 1. The first-order valence-electron chi connectivity index (χ1n) is 5.73. The van der Waals surface area contributed by atoms with E-state index in [0.29, 0.717) is 10.7 Å². The van der Waals surface area contributed by atoms with E-state index in [0.717, 1.165) is 0 Å². The Morgan fingerprint density at radius 1 is 1.32 bits per heavy atom. The molecule has 1 aromatic carbocycles. The van der Waals surface area contributed by atoms with Gasteiger partial charge in [0, 0.05) is 10.7 Å². The van der Waals surface area contributed by atoms with Crippen molar-refractivity contribution in [2.45, 2.75) is 13.8 Å². The number of amides is 2. The highest BCUT2D eigenvalue weighted by molar-refractivity contribution is 7.52. The summed E-state index contributed by atoms with van der Waals surface area (Å²) >= 11 is 5.78. The fourth-order valence-corrected chi connectivity index (χ4v) is 2.67. The van der Waals surface area contributed by atoms with Gasteiger partial charge in [0.05, 0.1) is 13.2 Å². The van der Waals surface area contributed by atoms with Crippen LogP contribution in [-0.2, 0) is 13.6 Å². The van der Waals surface area contributed by atoms with E-state index >= 15 is 0 Å². The average molecular weight is 307 g/mol. The highest BCUT2D eigenvalue weighted by Gasteiger charge is 2.26. The summed E-state index contributed by atoms with van der Waals surface area (Å²) in [6.07, 6.45) is 0. The lowest BCUT2D eigenvalue weighted by Gasteiger charge is -2.17. The van der Waals surface area contributed by atoms with E-state index in [4.69, 9.17) is 20.6 Å². The van der Waals surface area contributed by atoms with Crippen molar-refractivity contribution in [1.29, 1.82) is 0 Å². The van der Waals surface area contributed by atoms with E-state index in [-0.39, 0.29) is 13.2 Å². The van der Waals surface area contributed by atoms with Crippen LogP contribution >= 0.6 is 19.3 Å². The van der Waals surface area contributed by atoms with Gasteiger partial charge >= 0.3 is 13.8 Å². The molecule has 0 unspecified atom stereocenters. The van der Waals surface area contributed by atoms with Gasteiger partial charge in [-0.15, -0.1) is 0 Å². The normalized spacial score (nSPS) is 11.1. The van der Waals surface area contributed by atoms with Gasteiger partial charge in [-0.2, -0.15) is 0 Å². The fraction of sp³-hybridized carbons (Fsp3) is 0.364. The summed E-state index contributed by atoms with van der Waals surface area (Å²) in [5.41, 5.74) is 0.476. The molecular weight excluding hydrogens is 291 g/mol. The van der Waals surface area contributed by atoms with Crippen LogP contribution in [0.2, 0.25) is 5.02 Å². The van der Waals surface area contributed by atoms with Crippen LogP contribution < -0.4 is 10.4 Å². The first kappa shape index (κ1) is 16.0. The molecule has 0 bridgehead atoms. The largest absolute Gasteiger partial charge is 0.436 e. The third-order valence-electron chi connectivity index (χ3n) is 1.92. The van der Waals surface area contributed by atoms with Crippen molar-refractivity contribution in [3.8, 4) is 0 Å². The Labute approximate surface area is 117 Å². The molecule has 0 radical (unpaired) electrons. The Hall–Kier alpha value is -1.07. The third-order valence-corrected chi connectivity index (χ3v) is 3.83. The Kier molecular flexibility index (Phi) is 6.31. The van der Waals surface area contributed by atoms with Crippen molar-refractivity contribution in [1.82, 2.24) is 5.09 Å². The summed E-state index contributed by atoms with van der Waals surface area (Å²) in [6, 6.07) is 5.89. The predicted octanol–water partition coefficient (Wildman–Crippen LogP) is 3.64. The van der Waals surface area contributed by atoms with Crippen LogP contribution in [0.5, 0.6) is 0 Å². The molecule has 0 saturated heterocycles. The zero-order valence-electron chi connectivity index (χ0n) is 10.7. The van der Waals surface area contributed by atoms with E-state index in [2.05, 4.69) is 10.4 Å². The zero-order chi connectivity index (χ0) is 14.3. The Balaban J connectivity index is 2.65. The quantitative estimate of drug-likeness (QED) is 0.787. The zero-order valence-corrected chi connectivity index (χ0v) is 12.3. The van der Waals surface area contributed by atoms with Crippen LogP contribution in [0.1, 0.15) is 13.8 Å².